The first-order chi connectivity index (χ1) is 9.28. The molecule has 0 amide bonds. The zero-order chi connectivity index (χ0) is 13.2. The summed E-state index contributed by atoms with van der Waals surface area (Å²) in [5.41, 5.74) is 1.24. The van der Waals surface area contributed by atoms with Crippen molar-refractivity contribution in [2.24, 2.45) is 5.92 Å². The molecule has 0 radical (unpaired) electrons. The number of pyridine rings is 1. The molecular weight excluding hydrogens is 236 g/mol. The van der Waals surface area contributed by atoms with Crippen LogP contribution in [0.15, 0.2) is 35.3 Å². The molecule has 1 aromatic heterocycles. The van der Waals surface area contributed by atoms with Gasteiger partial charge in [0, 0.05) is 30.4 Å². The van der Waals surface area contributed by atoms with Gasteiger partial charge in [-0.05, 0) is 48.4 Å². The Labute approximate surface area is 113 Å². The third kappa shape index (κ3) is 2.37. The fourth-order valence-corrected chi connectivity index (χ4v) is 2.98. The van der Waals surface area contributed by atoms with Gasteiger partial charge in [0.1, 0.15) is 0 Å². The minimum atomic E-state index is -0.00580. The maximum atomic E-state index is 11.7. The highest BCUT2D eigenvalue weighted by atomic mass is 16.1. The third-order valence-corrected chi connectivity index (χ3v) is 4.31. The minimum Gasteiger partial charge on any atom is -0.371 e. The SMILES string of the molecule is CCC1CCN(c2ccc3c(=O)[nH]ccc3c2)CC1. The Kier molecular flexibility index (Phi) is 3.28. The van der Waals surface area contributed by atoms with E-state index in [1.165, 1.54) is 24.9 Å². The molecule has 0 bridgehead atoms. The van der Waals surface area contributed by atoms with Gasteiger partial charge >= 0.3 is 0 Å². The molecule has 3 nitrogen and oxygen atoms in total. The summed E-state index contributed by atoms with van der Waals surface area (Å²) in [4.78, 5) is 16.8. The second-order valence-electron chi connectivity index (χ2n) is 5.42. The number of benzene rings is 1. The van der Waals surface area contributed by atoms with Gasteiger partial charge in [-0.3, -0.25) is 4.79 Å². The van der Waals surface area contributed by atoms with Gasteiger partial charge in [0.25, 0.3) is 5.56 Å². The normalized spacial score (nSPS) is 17.0. The number of nitrogens with zero attached hydrogens (tertiary/aromatic N) is 1. The van der Waals surface area contributed by atoms with Crippen LogP contribution in [0.2, 0.25) is 0 Å². The molecule has 2 heterocycles. The average molecular weight is 256 g/mol. The molecule has 1 saturated heterocycles. The van der Waals surface area contributed by atoms with Gasteiger partial charge in [-0.2, -0.15) is 0 Å². The maximum Gasteiger partial charge on any atom is 0.255 e. The van der Waals surface area contributed by atoms with Crippen LogP contribution in [0.4, 0.5) is 5.69 Å². The number of fused-ring (bicyclic) bond motifs is 1. The van der Waals surface area contributed by atoms with E-state index in [0.717, 1.165) is 29.8 Å². The summed E-state index contributed by atoms with van der Waals surface area (Å²) >= 11 is 0. The Morgan fingerprint density at radius 1 is 1.26 bits per heavy atom. The highest BCUT2D eigenvalue weighted by Crippen LogP contribution is 2.26. The molecule has 1 N–H and O–H groups in total. The van der Waals surface area contributed by atoms with Crippen LogP contribution in [0.3, 0.4) is 0 Å². The molecule has 1 aliphatic heterocycles. The van der Waals surface area contributed by atoms with Gasteiger partial charge in [-0.15, -0.1) is 0 Å². The van der Waals surface area contributed by atoms with Gasteiger partial charge in [0.2, 0.25) is 0 Å². The van der Waals surface area contributed by atoms with E-state index >= 15 is 0 Å². The lowest BCUT2D eigenvalue weighted by atomic mass is 9.94. The zero-order valence-corrected chi connectivity index (χ0v) is 11.4. The molecule has 0 saturated carbocycles. The van der Waals surface area contributed by atoms with Crippen molar-refractivity contribution < 1.29 is 0 Å². The fourth-order valence-electron chi connectivity index (χ4n) is 2.98. The van der Waals surface area contributed by atoms with Gasteiger partial charge in [0.15, 0.2) is 0 Å². The zero-order valence-electron chi connectivity index (χ0n) is 11.4. The standard InChI is InChI=1S/C16H20N2O/c1-2-12-6-9-18(10-7-12)14-3-4-15-13(11-14)5-8-17-16(15)19/h3-5,8,11-12H,2,6-7,9-10H2,1H3,(H,17,19). The van der Waals surface area contributed by atoms with Crippen molar-refractivity contribution in [3.8, 4) is 0 Å². The van der Waals surface area contributed by atoms with Crippen molar-refractivity contribution in [3.63, 3.8) is 0 Å². The average Bonchev–Trinajstić information content (AvgIpc) is 2.47. The Balaban J connectivity index is 1.88. The van der Waals surface area contributed by atoms with E-state index < -0.39 is 0 Å². The van der Waals surface area contributed by atoms with E-state index in [1.807, 2.05) is 12.1 Å². The number of aromatic amines is 1. The van der Waals surface area contributed by atoms with Crippen molar-refractivity contribution in [3.05, 3.63) is 40.8 Å². The first-order valence-corrected chi connectivity index (χ1v) is 7.14. The van der Waals surface area contributed by atoms with E-state index in [4.69, 9.17) is 0 Å². The molecule has 0 aliphatic carbocycles. The maximum absolute atomic E-state index is 11.7. The smallest absolute Gasteiger partial charge is 0.255 e. The molecule has 1 fully saturated rings. The van der Waals surface area contributed by atoms with E-state index in [0.29, 0.717) is 0 Å². The number of rotatable bonds is 2. The summed E-state index contributed by atoms with van der Waals surface area (Å²) in [7, 11) is 0. The number of nitrogens with one attached hydrogen (secondary N) is 1. The van der Waals surface area contributed by atoms with Gasteiger partial charge < -0.3 is 9.88 Å². The summed E-state index contributed by atoms with van der Waals surface area (Å²) < 4.78 is 0. The quantitative estimate of drug-likeness (QED) is 0.896. The summed E-state index contributed by atoms with van der Waals surface area (Å²) in [6.07, 6.45) is 5.58. The molecule has 100 valence electrons. The molecule has 1 aliphatic rings. The van der Waals surface area contributed by atoms with Crippen molar-refractivity contribution in [2.75, 3.05) is 18.0 Å². The van der Waals surface area contributed by atoms with Crippen LogP contribution >= 0.6 is 0 Å². The predicted octanol–water partition coefficient (Wildman–Crippen LogP) is 3.15. The number of piperidine rings is 1. The van der Waals surface area contributed by atoms with Gasteiger partial charge in [-0.1, -0.05) is 13.3 Å². The Morgan fingerprint density at radius 2 is 2.05 bits per heavy atom. The number of anilines is 1. The number of hydrogen-bond acceptors (Lipinski definition) is 2. The van der Waals surface area contributed by atoms with Crippen molar-refractivity contribution in [2.45, 2.75) is 26.2 Å². The van der Waals surface area contributed by atoms with Crippen LogP contribution in [0, 0.1) is 5.92 Å². The largest absolute Gasteiger partial charge is 0.371 e. The van der Waals surface area contributed by atoms with E-state index in [1.54, 1.807) is 6.20 Å². The topological polar surface area (TPSA) is 36.1 Å². The Morgan fingerprint density at radius 3 is 2.79 bits per heavy atom. The lowest BCUT2D eigenvalue weighted by Gasteiger charge is -2.33. The van der Waals surface area contributed by atoms with E-state index in [2.05, 4.69) is 28.9 Å². The van der Waals surface area contributed by atoms with Crippen molar-refractivity contribution in [1.82, 2.24) is 4.98 Å². The highest BCUT2D eigenvalue weighted by molar-refractivity contribution is 5.84. The summed E-state index contributed by atoms with van der Waals surface area (Å²) in [5.74, 6) is 0.888. The highest BCUT2D eigenvalue weighted by Gasteiger charge is 2.18. The van der Waals surface area contributed by atoms with Crippen LogP contribution in [-0.2, 0) is 0 Å². The number of aromatic nitrogens is 1. The number of hydrogen-bond donors (Lipinski definition) is 1. The number of H-pyrrole nitrogens is 1. The molecule has 19 heavy (non-hydrogen) atoms. The van der Waals surface area contributed by atoms with E-state index in [9.17, 15) is 4.79 Å². The first kappa shape index (κ1) is 12.3. The van der Waals surface area contributed by atoms with E-state index in [-0.39, 0.29) is 5.56 Å². The van der Waals surface area contributed by atoms with Gasteiger partial charge in [0.05, 0.1) is 0 Å². The molecule has 1 aromatic carbocycles. The third-order valence-electron chi connectivity index (χ3n) is 4.31. The Bertz CT molecular complexity index is 624. The molecule has 3 rings (SSSR count). The monoisotopic (exact) mass is 256 g/mol. The molecule has 0 atom stereocenters. The Hall–Kier alpha value is -1.77. The van der Waals surface area contributed by atoms with Crippen LogP contribution < -0.4 is 10.5 Å². The van der Waals surface area contributed by atoms with Crippen LogP contribution in [0.25, 0.3) is 10.8 Å². The van der Waals surface area contributed by atoms with Crippen LogP contribution in [-0.4, -0.2) is 18.1 Å². The summed E-state index contributed by atoms with van der Waals surface area (Å²) in [6, 6.07) is 8.12. The van der Waals surface area contributed by atoms with Crippen LogP contribution in [0.1, 0.15) is 26.2 Å². The van der Waals surface area contributed by atoms with Crippen LogP contribution in [0.5, 0.6) is 0 Å². The molecular formula is C16H20N2O. The lowest BCUT2D eigenvalue weighted by Crippen LogP contribution is -2.33. The van der Waals surface area contributed by atoms with Gasteiger partial charge in [-0.25, -0.2) is 0 Å². The molecule has 2 aromatic rings. The first-order valence-electron chi connectivity index (χ1n) is 7.14. The molecule has 3 heteroatoms. The fraction of sp³-hybridized carbons (Fsp3) is 0.438. The van der Waals surface area contributed by atoms with Crippen molar-refractivity contribution in [1.29, 1.82) is 0 Å². The minimum absolute atomic E-state index is 0.00580. The second-order valence-corrected chi connectivity index (χ2v) is 5.42. The summed E-state index contributed by atoms with van der Waals surface area (Å²) in [6.45, 7) is 4.54. The van der Waals surface area contributed by atoms with Crippen molar-refractivity contribution >= 4 is 16.5 Å². The molecule has 0 spiro atoms. The molecule has 0 unspecified atom stereocenters. The lowest BCUT2D eigenvalue weighted by molar-refractivity contribution is 0.395. The predicted molar refractivity (Wildman–Crippen MR) is 79.8 cm³/mol. The second kappa shape index (κ2) is 5.08. The summed E-state index contributed by atoms with van der Waals surface area (Å²) in [5, 5.41) is 1.80.